The summed E-state index contributed by atoms with van der Waals surface area (Å²) in [6.07, 6.45) is -1.97. The first-order chi connectivity index (χ1) is 12.8. The number of hydrogen-bond donors (Lipinski definition) is 1. The molecule has 7 nitrogen and oxygen atoms in total. The molecule has 2 rings (SSSR count). The maximum atomic E-state index is 13.2. The zero-order valence-corrected chi connectivity index (χ0v) is 20.2. The molecule has 0 radical (unpaired) electrons. The summed E-state index contributed by atoms with van der Waals surface area (Å²) in [5.41, 5.74) is 4.04. The van der Waals surface area contributed by atoms with Crippen molar-refractivity contribution in [2.24, 2.45) is 0 Å². The first kappa shape index (κ1) is 25.0. The van der Waals surface area contributed by atoms with Gasteiger partial charge < -0.3 is 20.0 Å². The molecular formula is C17H18F3N4O3Rb. The van der Waals surface area contributed by atoms with Crippen LogP contribution in [0.25, 0.3) is 11.6 Å². The molecule has 2 aromatic heterocycles. The van der Waals surface area contributed by atoms with Gasteiger partial charge in [0.1, 0.15) is 5.56 Å². The molecule has 0 bridgehead atoms. The van der Waals surface area contributed by atoms with Gasteiger partial charge in [0.2, 0.25) is 11.8 Å². The topological polar surface area (TPSA) is 110 Å². The summed E-state index contributed by atoms with van der Waals surface area (Å²) in [4.78, 5) is 3.80. The van der Waals surface area contributed by atoms with Gasteiger partial charge in [-0.3, -0.25) is 0 Å². The van der Waals surface area contributed by atoms with Crippen LogP contribution in [0, 0.1) is 0 Å². The predicted octanol–water partition coefficient (Wildman–Crippen LogP) is 0.0591. The Morgan fingerprint density at radius 1 is 1.25 bits per heavy atom. The standard InChI is InChI=1S/C17H18F3N4O3.Rb/c1-3-5-7-12(25)15-23-24-16(27-15)13-11(21)9-10(17(18,19)20)14(22-13)26-8-6-4-2;/h3-4,9,12H,1-2,5-8,21H2;/q-1;+1. The second-order valence-corrected chi connectivity index (χ2v) is 5.50. The van der Waals surface area contributed by atoms with Crippen molar-refractivity contribution in [2.75, 3.05) is 12.3 Å². The van der Waals surface area contributed by atoms with E-state index in [1.165, 1.54) is 6.08 Å². The number of pyridine rings is 1. The molecule has 1 unspecified atom stereocenters. The van der Waals surface area contributed by atoms with Crippen molar-refractivity contribution < 1.29 is 85.6 Å². The number of rotatable bonds is 9. The van der Waals surface area contributed by atoms with Crippen molar-refractivity contribution in [3.63, 3.8) is 0 Å². The number of nitrogens with two attached hydrogens (primary N) is 1. The zero-order valence-electron chi connectivity index (χ0n) is 15.3. The zero-order chi connectivity index (χ0) is 20.0. The first-order valence-corrected chi connectivity index (χ1v) is 7.99. The molecule has 0 aromatic carbocycles. The van der Waals surface area contributed by atoms with Crippen molar-refractivity contribution in [1.29, 1.82) is 0 Å². The van der Waals surface area contributed by atoms with Gasteiger partial charge in [-0.2, -0.15) is 13.2 Å². The van der Waals surface area contributed by atoms with Gasteiger partial charge in [0.05, 0.1) is 12.3 Å². The summed E-state index contributed by atoms with van der Waals surface area (Å²) in [7, 11) is 0. The third-order valence-electron chi connectivity index (χ3n) is 3.43. The molecule has 146 valence electrons. The average molecular weight is 469 g/mol. The summed E-state index contributed by atoms with van der Waals surface area (Å²) in [6, 6.07) is 0.682. The Kier molecular flexibility index (Phi) is 9.98. The van der Waals surface area contributed by atoms with Gasteiger partial charge in [0.25, 0.3) is 5.89 Å². The number of nitrogens with zero attached hydrogens (tertiary/aromatic N) is 3. The fourth-order valence-corrected chi connectivity index (χ4v) is 2.09. The Morgan fingerprint density at radius 2 is 1.93 bits per heavy atom. The van der Waals surface area contributed by atoms with Crippen LogP contribution in [0.1, 0.15) is 36.8 Å². The molecule has 2 aromatic rings. The van der Waals surface area contributed by atoms with E-state index in [0.29, 0.717) is 18.9 Å². The Bertz CT molecular complexity index is 811. The van der Waals surface area contributed by atoms with E-state index < -0.39 is 23.7 Å². The molecule has 0 saturated carbocycles. The third kappa shape index (κ3) is 6.48. The Balaban J connectivity index is 0.00000392. The largest absolute Gasteiger partial charge is 1.00 e. The van der Waals surface area contributed by atoms with Crippen molar-refractivity contribution >= 4 is 5.69 Å². The van der Waals surface area contributed by atoms with Crippen LogP contribution < -0.4 is 73.8 Å². The van der Waals surface area contributed by atoms with Crippen LogP contribution in [0.3, 0.4) is 0 Å². The molecule has 0 fully saturated rings. The molecular weight excluding hydrogens is 451 g/mol. The third-order valence-corrected chi connectivity index (χ3v) is 3.43. The monoisotopic (exact) mass is 468 g/mol. The molecule has 0 saturated heterocycles. The first-order valence-electron chi connectivity index (χ1n) is 7.99. The number of hydrogen-bond acceptors (Lipinski definition) is 7. The van der Waals surface area contributed by atoms with Crippen LogP contribution in [-0.2, 0) is 6.18 Å². The fourth-order valence-electron chi connectivity index (χ4n) is 2.09. The van der Waals surface area contributed by atoms with E-state index >= 15 is 0 Å². The maximum Gasteiger partial charge on any atom is 1.00 e. The SMILES string of the molecule is C=CCCOc1nc(-c2nnc(C([O-])CCC=C)o2)c(N)cc1C(F)(F)F.[Rb+]. The van der Waals surface area contributed by atoms with Gasteiger partial charge >= 0.3 is 64.4 Å². The van der Waals surface area contributed by atoms with Crippen molar-refractivity contribution in [2.45, 2.75) is 31.5 Å². The van der Waals surface area contributed by atoms with Crippen LogP contribution in [0.4, 0.5) is 18.9 Å². The molecule has 0 aliphatic heterocycles. The van der Waals surface area contributed by atoms with E-state index in [0.717, 1.165) is 0 Å². The minimum atomic E-state index is -4.71. The number of anilines is 1. The number of halogens is 3. The quantitative estimate of drug-likeness (QED) is 0.409. The Morgan fingerprint density at radius 3 is 2.54 bits per heavy atom. The molecule has 11 heteroatoms. The maximum absolute atomic E-state index is 13.2. The van der Waals surface area contributed by atoms with Crippen LogP contribution in [0.15, 0.2) is 35.8 Å². The van der Waals surface area contributed by atoms with E-state index in [1.54, 1.807) is 6.08 Å². The van der Waals surface area contributed by atoms with E-state index in [-0.39, 0.29) is 94.4 Å². The van der Waals surface area contributed by atoms with Crippen LogP contribution in [-0.4, -0.2) is 21.8 Å². The molecule has 0 amide bonds. The predicted molar refractivity (Wildman–Crippen MR) is 89.4 cm³/mol. The van der Waals surface area contributed by atoms with Crippen molar-refractivity contribution in [3.8, 4) is 17.5 Å². The van der Waals surface area contributed by atoms with E-state index in [4.69, 9.17) is 14.9 Å². The summed E-state index contributed by atoms with van der Waals surface area (Å²) in [6.45, 7) is 6.93. The number of alkyl halides is 3. The van der Waals surface area contributed by atoms with E-state index in [1.807, 2.05) is 0 Å². The van der Waals surface area contributed by atoms with Gasteiger partial charge in [0.15, 0.2) is 5.69 Å². The molecule has 2 N–H and O–H groups in total. The second kappa shape index (κ2) is 11.2. The molecule has 1 atom stereocenters. The summed E-state index contributed by atoms with van der Waals surface area (Å²) in [5.74, 6) is -1.13. The van der Waals surface area contributed by atoms with E-state index in [9.17, 15) is 18.3 Å². The Hall–Kier alpha value is -1.07. The minimum Gasteiger partial charge on any atom is -0.845 e. The second-order valence-electron chi connectivity index (χ2n) is 5.50. The van der Waals surface area contributed by atoms with Crippen LogP contribution in [0.5, 0.6) is 5.88 Å². The van der Waals surface area contributed by atoms with E-state index in [2.05, 4.69) is 28.3 Å². The number of ether oxygens (including phenoxy) is 1. The van der Waals surface area contributed by atoms with Crippen molar-refractivity contribution in [1.82, 2.24) is 15.2 Å². The molecule has 28 heavy (non-hydrogen) atoms. The number of allylic oxidation sites excluding steroid dienone is 1. The van der Waals surface area contributed by atoms with Gasteiger partial charge in [0, 0.05) is 0 Å². The number of aromatic nitrogens is 3. The minimum absolute atomic E-state index is 0. The van der Waals surface area contributed by atoms with Crippen LogP contribution >= 0.6 is 0 Å². The smallest absolute Gasteiger partial charge is 0.845 e. The normalized spacial score (nSPS) is 12.1. The molecule has 2 heterocycles. The van der Waals surface area contributed by atoms with Gasteiger partial charge in [-0.05, 0) is 25.0 Å². The molecule has 0 spiro atoms. The van der Waals surface area contributed by atoms with Gasteiger partial charge in [-0.25, -0.2) is 4.98 Å². The van der Waals surface area contributed by atoms with Gasteiger partial charge in [-0.1, -0.05) is 18.6 Å². The summed E-state index contributed by atoms with van der Waals surface area (Å²) < 4.78 is 50.0. The van der Waals surface area contributed by atoms with Crippen LogP contribution in [0.2, 0.25) is 0 Å². The van der Waals surface area contributed by atoms with Crippen molar-refractivity contribution in [3.05, 3.63) is 42.8 Å². The summed E-state index contributed by atoms with van der Waals surface area (Å²) in [5, 5.41) is 19.3. The Labute approximate surface area is 208 Å². The molecule has 0 aliphatic rings. The summed E-state index contributed by atoms with van der Waals surface area (Å²) >= 11 is 0. The fraction of sp³-hybridized carbons (Fsp3) is 0.353. The molecule has 0 aliphatic carbocycles. The van der Waals surface area contributed by atoms with Gasteiger partial charge in [-0.15, -0.1) is 23.4 Å². The number of nitrogen functional groups attached to an aromatic ring is 1. The average Bonchev–Trinajstić information content (AvgIpc) is 3.09.